The topological polar surface area (TPSA) is 93.1 Å². The van der Waals surface area contributed by atoms with Gasteiger partial charge in [-0.25, -0.2) is 9.59 Å². The first-order valence-electron chi connectivity index (χ1n) is 5.26. The Morgan fingerprint density at radius 3 is 2.00 bits per heavy atom. The first-order chi connectivity index (χ1) is 8.25. The van der Waals surface area contributed by atoms with Crippen molar-refractivity contribution < 1.29 is 29.3 Å². The number of esters is 1. The van der Waals surface area contributed by atoms with Crippen molar-refractivity contribution in [3.05, 3.63) is 24.3 Å². The third kappa shape index (κ3) is 6.17. The van der Waals surface area contributed by atoms with Crippen LogP contribution in [0.15, 0.2) is 24.3 Å². The van der Waals surface area contributed by atoms with E-state index in [0.29, 0.717) is 5.57 Å². The van der Waals surface area contributed by atoms with Gasteiger partial charge in [0.15, 0.2) is 6.10 Å². The van der Waals surface area contributed by atoms with Gasteiger partial charge < -0.3 is 19.7 Å². The molecule has 1 saturated heterocycles. The van der Waals surface area contributed by atoms with Crippen LogP contribution in [0.1, 0.15) is 13.8 Å². The lowest BCUT2D eigenvalue weighted by molar-refractivity contribution is -0.147. The molecule has 6 nitrogen and oxygen atoms in total. The van der Waals surface area contributed by atoms with Crippen molar-refractivity contribution in [1.82, 2.24) is 0 Å². The van der Waals surface area contributed by atoms with E-state index in [9.17, 15) is 14.7 Å². The number of aliphatic hydroxyl groups excluding tert-OH is 1. The molecule has 0 radical (unpaired) electrons. The summed E-state index contributed by atoms with van der Waals surface area (Å²) in [5, 5.41) is 17.1. The lowest BCUT2D eigenvalue weighted by atomic mass is 10.2. The minimum Gasteiger partial charge on any atom is -0.478 e. The van der Waals surface area contributed by atoms with Gasteiger partial charge >= 0.3 is 11.9 Å². The lowest BCUT2D eigenvalue weighted by Crippen LogP contribution is -2.29. The van der Waals surface area contributed by atoms with Gasteiger partial charge in [-0.1, -0.05) is 13.2 Å². The Balaban J connectivity index is 0.000000411. The quantitative estimate of drug-likeness (QED) is 0.566. The summed E-state index contributed by atoms with van der Waals surface area (Å²) in [7, 11) is 0. The van der Waals surface area contributed by atoms with Gasteiger partial charge in [0.25, 0.3) is 0 Å². The molecule has 1 heterocycles. The number of hydrogen-bond acceptors (Lipinski definition) is 5. The molecular weight excluding hydrogens is 240 g/mol. The van der Waals surface area contributed by atoms with Crippen LogP contribution in [0.25, 0.3) is 0 Å². The summed E-state index contributed by atoms with van der Waals surface area (Å²) in [6.45, 7) is 10.1. The van der Waals surface area contributed by atoms with Crippen molar-refractivity contribution in [1.29, 1.82) is 0 Å². The Morgan fingerprint density at radius 2 is 1.72 bits per heavy atom. The summed E-state index contributed by atoms with van der Waals surface area (Å²) < 4.78 is 9.76. The molecule has 0 saturated carbocycles. The maximum Gasteiger partial charge on any atom is 0.333 e. The summed E-state index contributed by atoms with van der Waals surface area (Å²) >= 11 is 0. The van der Waals surface area contributed by atoms with Gasteiger partial charge in [0.05, 0.1) is 13.2 Å². The largest absolute Gasteiger partial charge is 0.478 e. The standard InChI is InChI=1S/C8H12O4.C4H6O2/c1-5(2)8(10)12-7-4-11-3-6(7)9;1-3(2)4(5)6/h6-7,9H,1,3-4H2,2H3;1H2,2H3,(H,5,6). The number of ether oxygens (including phenoxy) is 2. The third-order valence-corrected chi connectivity index (χ3v) is 1.97. The first-order valence-corrected chi connectivity index (χ1v) is 5.26. The van der Waals surface area contributed by atoms with Crippen LogP contribution < -0.4 is 0 Å². The molecule has 2 unspecified atom stereocenters. The van der Waals surface area contributed by atoms with Crippen molar-refractivity contribution in [2.24, 2.45) is 0 Å². The van der Waals surface area contributed by atoms with E-state index in [1.54, 1.807) is 6.92 Å². The maximum atomic E-state index is 11.0. The van der Waals surface area contributed by atoms with Crippen molar-refractivity contribution in [2.75, 3.05) is 13.2 Å². The number of carbonyl (C=O) groups is 2. The van der Waals surface area contributed by atoms with E-state index in [1.165, 1.54) is 6.92 Å². The van der Waals surface area contributed by atoms with Crippen LogP contribution in [0.5, 0.6) is 0 Å². The Kier molecular flexibility index (Phi) is 6.92. The van der Waals surface area contributed by atoms with Gasteiger partial charge in [-0.05, 0) is 13.8 Å². The highest BCUT2D eigenvalue weighted by molar-refractivity contribution is 5.87. The molecule has 0 aromatic carbocycles. The molecule has 2 atom stereocenters. The van der Waals surface area contributed by atoms with Gasteiger partial charge in [-0.15, -0.1) is 0 Å². The number of hydrogen-bond donors (Lipinski definition) is 2. The van der Waals surface area contributed by atoms with Crippen LogP contribution in [-0.4, -0.2) is 47.6 Å². The second-order valence-electron chi connectivity index (χ2n) is 3.91. The maximum absolute atomic E-state index is 11.0. The molecule has 2 N–H and O–H groups in total. The number of carboxylic acid groups (broad SMARTS) is 1. The smallest absolute Gasteiger partial charge is 0.333 e. The van der Waals surface area contributed by atoms with Crippen molar-refractivity contribution >= 4 is 11.9 Å². The number of aliphatic hydroxyl groups is 1. The van der Waals surface area contributed by atoms with Crippen LogP contribution in [0.3, 0.4) is 0 Å². The summed E-state index contributed by atoms with van der Waals surface area (Å²) in [4.78, 5) is 20.6. The SMILES string of the molecule is C=C(C)C(=O)O.C=C(C)C(=O)OC1COCC1O. The van der Waals surface area contributed by atoms with Gasteiger partial charge in [-0.3, -0.25) is 0 Å². The average Bonchev–Trinajstić information content (AvgIpc) is 2.65. The molecule has 1 aliphatic heterocycles. The van der Waals surface area contributed by atoms with Crippen molar-refractivity contribution in [3.8, 4) is 0 Å². The molecule has 0 aromatic rings. The van der Waals surface area contributed by atoms with E-state index in [2.05, 4.69) is 13.2 Å². The molecule has 1 rings (SSSR count). The molecule has 18 heavy (non-hydrogen) atoms. The summed E-state index contributed by atoms with van der Waals surface area (Å²) in [6.07, 6.45) is -1.23. The van der Waals surface area contributed by atoms with Crippen LogP contribution in [0.2, 0.25) is 0 Å². The first kappa shape index (κ1) is 16.3. The van der Waals surface area contributed by atoms with Crippen molar-refractivity contribution in [3.63, 3.8) is 0 Å². The highest BCUT2D eigenvalue weighted by Gasteiger charge is 2.29. The highest BCUT2D eigenvalue weighted by atomic mass is 16.6. The van der Waals surface area contributed by atoms with E-state index in [1.807, 2.05) is 0 Å². The fourth-order valence-corrected chi connectivity index (χ4v) is 0.874. The fourth-order valence-electron chi connectivity index (χ4n) is 0.874. The Bertz CT molecular complexity index is 334. The predicted octanol–water partition coefficient (Wildman–Crippen LogP) is 0.512. The van der Waals surface area contributed by atoms with Crippen LogP contribution >= 0.6 is 0 Å². The second-order valence-corrected chi connectivity index (χ2v) is 3.91. The molecule has 0 aliphatic carbocycles. The van der Waals surface area contributed by atoms with Crippen molar-refractivity contribution in [2.45, 2.75) is 26.1 Å². The molecule has 6 heteroatoms. The van der Waals surface area contributed by atoms with E-state index in [4.69, 9.17) is 14.6 Å². The average molecular weight is 258 g/mol. The Labute approximate surface area is 106 Å². The third-order valence-electron chi connectivity index (χ3n) is 1.97. The van der Waals surface area contributed by atoms with Gasteiger partial charge in [0.2, 0.25) is 0 Å². The fraction of sp³-hybridized carbons (Fsp3) is 0.500. The van der Waals surface area contributed by atoms with Gasteiger partial charge in [0.1, 0.15) is 6.10 Å². The predicted molar refractivity (Wildman–Crippen MR) is 64.0 cm³/mol. The van der Waals surface area contributed by atoms with Crippen LogP contribution in [0.4, 0.5) is 0 Å². The molecule has 0 aromatic heterocycles. The number of carbonyl (C=O) groups excluding carboxylic acids is 1. The second kappa shape index (κ2) is 7.62. The van der Waals surface area contributed by atoms with Crippen LogP contribution in [-0.2, 0) is 19.1 Å². The lowest BCUT2D eigenvalue weighted by Gasteiger charge is -2.13. The van der Waals surface area contributed by atoms with Crippen LogP contribution in [0, 0.1) is 0 Å². The minimum atomic E-state index is -0.935. The normalized spacial score (nSPS) is 21.5. The molecule has 0 bridgehead atoms. The molecular formula is C12H18O6. The molecule has 0 amide bonds. The zero-order valence-corrected chi connectivity index (χ0v) is 10.5. The molecule has 1 aliphatic rings. The zero-order valence-electron chi connectivity index (χ0n) is 10.5. The van der Waals surface area contributed by atoms with E-state index in [0.717, 1.165) is 0 Å². The summed E-state index contributed by atoms with van der Waals surface area (Å²) in [6, 6.07) is 0. The number of rotatable bonds is 3. The zero-order chi connectivity index (χ0) is 14.3. The highest BCUT2D eigenvalue weighted by Crippen LogP contribution is 2.10. The Morgan fingerprint density at radius 1 is 1.22 bits per heavy atom. The molecule has 102 valence electrons. The monoisotopic (exact) mass is 258 g/mol. The van der Waals surface area contributed by atoms with Gasteiger partial charge in [-0.2, -0.15) is 0 Å². The summed E-state index contributed by atoms with van der Waals surface area (Å²) in [5.74, 6) is -1.42. The Hall–Kier alpha value is -1.66. The number of aliphatic carboxylic acids is 1. The number of carboxylic acids is 1. The summed E-state index contributed by atoms with van der Waals surface area (Å²) in [5.41, 5.74) is 0.504. The minimum absolute atomic E-state index is 0.176. The molecule has 1 fully saturated rings. The molecule has 0 spiro atoms. The van der Waals surface area contributed by atoms with Gasteiger partial charge in [0, 0.05) is 11.1 Å². The van der Waals surface area contributed by atoms with E-state index in [-0.39, 0.29) is 18.8 Å². The van der Waals surface area contributed by atoms with E-state index < -0.39 is 24.1 Å². The van der Waals surface area contributed by atoms with E-state index >= 15 is 0 Å².